The van der Waals surface area contributed by atoms with E-state index in [-0.39, 0.29) is 0 Å². The molecule has 0 aliphatic heterocycles. The first-order valence-electron chi connectivity index (χ1n) is 4.83. The van der Waals surface area contributed by atoms with Gasteiger partial charge in [-0.05, 0) is 37.1 Å². The Bertz CT molecular complexity index is 492. The molecule has 0 bridgehead atoms. The summed E-state index contributed by atoms with van der Waals surface area (Å²) in [5.41, 5.74) is 10.0. The number of hydrogen-bond acceptors (Lipinski definition) is 3. The van der Waals surface area contributed by atoms with Gasteiger partial charge in [-0.25, -0.2) is 9.97 Å². The van der Waals surface area contributed by atoms with Gasteiger partial charge >= 0.3 is 0 Å². The van der Waals surface area contributed by atoms with Gasteiger partial charge in [0.05, 0.1) is 5.69 Å². The van der Waals surface area contributed by atoms with Crippen LogP contribution in [0.25, 0.3) is 11.3 Å². The van der Waals surface area contributed by atoms with Gasteiger partial charge in [-0.1, -0.05) is 12.1 Å². The predicted octanol–water partition coefficient (Wildman–Crippen LogP) is 2.34. The highest BCUT2D eigenvalue weighted by Gasteiger charge is 2.01. The van der Waals surface area contributed by atoms with Crippen molar-refractivity contribution >= 4 is 5.95 Å². The molecule has 1 aromatic carbocycles. The standard InChI is InChI=1S/C12H13N3/c1-8-3-4-10(7-9(8)2)11-5-6-14-12(13)15-11/h3-7H,1-2H3,(H2,13,14,15). The molecular formula is C12H13N3. The van der Waals surface area contributed by atoms with Crippen LogP contribution in [-0.4, -0.2) is 9.97 Å². The lowest BCUT2D eigenvalue weighted by Gasteiger charge is -2.04. The highest BCUT2D eigenvalue weighted by atomic mass is 15.0. The van der Waals surface area contributed by atoms with Crippen molar-refractivity contribution in [3.8, 4) is 11.3 Å². The average Bonchev–Trinajstić information content (AvgIpc) is 2.22. The molecule has 0 fully saturated rings. The van der Waals surface area contributed by atoms with Crippen molar-refractivity contribution in [1.29, 1.82) is 0 Å². The van der Waals surface area contributed by atoms with E-state index in [0.717, 1.165) is 11.3 Å². The SMILES string of the molecule is Cc1ccc(-c2ccnc(N)n2)cc1C. The lowest BCUT2D eigenvalue weighted by Crippen LogP contribution is -1.95. The molecule has 1 heterocycles. The van der Waals surface area contributed by atoms with Gasteiger partial charge in [0.2, 0.25) is 5.95 Å². The number of aromatic nitrogens is 2. The van der Waals surface area contributed by atoms with Gasteiger partial charge < -0.3 is 5.73 Å². The van der Waals surface area contributed by atoms with Gasteiger partial charge in [0.1, 0.15) is 0 Å². The Kier molecular flexibility index (Phi) is 2.37. The van der Waals surface area contributed by atoms with Crippen molar-refractivity contribution in [3.05, 3.63) is 41.6 Å². The quantitative estimate of drug-likeness (QED) is 0.767. The van der Waals surface area contributed by atoms with Crippen LogP contribution in [0.1, 0.15) is 11.1 Å². The van der Waals surface area contributed by atoms with E-state index in [0.29, 0.717) is 5.95 Å². The normalized spacial score (nSPS) is 10.3. The van der Waals surface area contributed by atoms with E-state index in [1.165, 1.54) is 11.1 Å². The van der Waals surface area contributed by atoms with E-state index >= 15 is 0 Å². The van der Waals surface area contributed by atoms with Crippen LogP contribution < -0.4 is 5.73 Å². The smallest absolute Gasteiger partial charge is 0.220 e. The lowest BCUT2D eigenvalue weighted by atomic mass is 10.0. The summed E-state index contributed by atoms with van der Waals surface area (Å²) in [7, 11) is 0. The minimum Gasteiger partial charge on any atom is -0.368 e. The first-order chi connectivity index (χ1) is 7.16. The maximum absolute atomic E-state index is 5.54. The first kappa shape index (κ1) is 9.65. The number of nitrogen functional groups attached to an aromatic ring is 1. The number of hydrogen-bond donors (Lipinski definition) is 1. The van der Waals surface area contributed by atoms with Crippen LogP contribution in [0.15, 0.2) is 30.5 Å². The molecule has 0 radical (unpaired) electrons. The second-order valence-corrected chi connectivity index (χ2v) is 3.60. The zero-order chi connectivity index (χ0) is 10.8. The van der Waals surface area contributed by atoms with Gasteiger partial charge in [-0.2, -0.15) is 0 Å². The fourth-order valence-electron chi connectivity index (χ4n) is 1.44. The van der Waals surface area contributed by atoms with Crippen molar-refractivity contribution in [2.75, 3.05) is 5.73 Å². The summed E-state index contributed by atoms with van der Waals surface area (Å²) >= 11 is 0. The van der Waals surface area contributed by atoms with E-state index in [9.17, 15) is 0 Å². The van der Waals surface area contributed by atoms with Crippen molar-refractivity contribution in [1.82, 2.24) is 9.97 Å². The number of aryl methyl sites for hydroxylation is 2. The van der Waals surface area contributed by atoms with Crippen molar-refractivity contribution < 1.29 is 0 Å². The molecule has 0 amide bonds. The molecule has 15 heavy (non-hydrogen) atoms. The molecule has 0 aliphatic rings. The van der Waals surface area contributed by atoms with Gasteiger partial charge in [-0.3, -0.25) is 0 Å². The predicted molar refractivity (Wildman–Crippen MR) is 61.4 cm³/mol. The Balaban J connectivity index is 2.50. The number of anilines is 1. The van der Waals surface area contributed by atoms with E-state index in [2.05, 4.69) is 35.9 Å². The molecular weight excluding hydrogens is 186 g/mol. The van der Waals surface area contributed by atoms with Crippen LogP contribution in [-0.2, 0) is 0 Å². The van der Waals surface area contributed by atoms with Crippen molar-refractivity contribution in [2.24, 2.45) is 0 Å². The second kappa shape index (κ2) is 3.69. The van der Waals surface area contributed by atoms with Crippen LogP contribution in [0.4, 0.5) is 5.95 Å². The van der Waals surface area contributed by atoms with Crippen LogP contribution in [0.2, 0.25) is 0 Å². The fraction of sp³-hybridized carbons (Fsp3) is 0.167. The molecule has 0 spiro atoms. The Hall–Kier alpha value is -1.90. The Morgan fingerprint density at radius 2 is 1.87 bits per heavy atom. The monoisotopic (exact) mass is 199 g/mol. The molecule has 0 atom stereocenters. The molecule has 3 heteroatoms. The summed E-state index contributed by atoms with van der Waals surface area (Å²) in [4.78, 5) is 8.05. The maximum Gasteiger partial charge on any atom is 0.220 e. The molecule has 0 saturated heterocycles. The molecule has 0 unspecified atom stereocenters. The summed E-state index contributed by atoms with van der Waals surface area (Å²) < 4.78 is 0. The Labute approximate surface area is 89.0 Å². The largest absolute Gasteiger partial charge is 0.368 e. The van der Waals surface area contributed by atoms with Gasteiger partial charge in [0.25, 0.3) is 0 Å². The summed E-state index contributed by atoms with van der Waals surface area (Å²) in [6.45, 7) is 4.18. The third-order valence-corrected chi connectivity index (χ3v) is 2.48. The molecule has 3 nitrogen and oxygen atoms in total. The highest BCUT2D eigenvalue weighted by Crippen LogP contribution is 2.20. The van der Waals surface area contributed by atoms with E-state index in [1.54, 1.807) is 6.20 Å². The van der Waals surface area contributed by atoms with Gasteiger partial charge in [0.15, 0.2) is 0 Å². The number of benzene rings is 1. The van der Waals surface area contributed by atoms with Crippen molar-refractivity contribution in [3.63, 3.8) is 0 Å². The molecule has 0 saturated carbocycles. The van der Waals surface area contributed by atoms with Gasteiger partial charge in [-0.15, -0.1) is 0 Å². The van der Waals surface area contributed by atoms with Crippen LogP contribution >= 0.6 is 0 Å². The molecule has 1 aromatic heterocycles. The summed E-state index contributed by atoms with van der Waals surface area (Å²) in [6.07, 6.45) is 1.67. The van der Waals surface area contributed by atoms with Crippen LogP contribution in [0, 0.1) is 13.8 Å². The maximum atomic E-state index is 5.54. The Morgan fingerprint density at radius 1 is 1.07 bits per heavy atom. The van der Waals surface area contributed by atoms with E-state index < -0.39 is 0 Å². The molecule has 2 aromatic rings. The number of nitrogens with two attached hydrogens (primary N) is 1. The number of nitrogens with zero attached hydrogens (tertiary/aromatic N) is 2. The third kappa shape index (κ3) is 1.96. The Morgan fingerprint density at radius 3 is 2.53 bits per heavy atom. The second-order valence-electron chi connectivity index (χ2n) is 3.60. The minimum absolute atomic E-state index is 0.311. The third-order valence-electron chi connectivity index (χ3n) is 2.48. The zero-order valence-corrected chi connectivity index (χ0v) is 8.86. The first-order valence-corrected chi connectivity index (χ1v) is 4.83. The summed E-state index contributed by atoms with van der Waals surface area (Å²) in [5.74, 6) is 0.311. The van der Waals surface area contributed by atoms with Gasteiger partial charge in [0, 0.05) is 11.8 Å². The fourth-order valence-corrected chi connectivity index (χ4v) is 1.44. The topological polar surface area (TPSA) is 51.8 Å². The highest BCUT2D eigenvalue weighted by molar-refractivity contribution is 5.61. The molecule has 2 rings (SSSR count). The lowest BCUT2D eigenvalue weighted by molar-refractivity contribution is 1.19. The van der Waals surface area contributed by atoms with E-state index in [4.69, 9.17) is 5.73 Å². The molecule has 2 N–H and O–H groups in total. The molecule has 76 valence electrons. The summed E-state index contributed by atoms with van der Waals surface area (Å²) in [5, 5.41) is 0. The molecule has 0 aliphatic carbocycles. The minimum atomic E-state index is 0.311. The zero-order valence-electron chi connectivity index (χ0n) is 8.86. The number of rotatable bonds is 1. The average molecular weight is 199 g/mol. The summed E-state index contributed by atoms with van der Waals surface area (Å²) in [6, 6.07) is 8.10. The van der Waals surface area contributed by atoms with Crippen LogP contribution in [0.5, 0.6) is 0 Å². The van der Waals surface area contributed by atoms with Crippen LogP contribution in [0.3, 0.4) is 0 Å². The van der Waals surface area contributed by atoms with E-state index in [1.807, 2.05) is 12.1 Å². The van der Waals surface area contributed by atoms with Crippen molar-refractivity contribution in [2.45, 2.75) is 13.8 Å².